The third kappa shape index (κ3) is 15.1. The van der Waals surface area contributed by atoms with Crippen molar-refractivity contribution in [1.82, 2.24) is 9.13 Å². The molecule has 12 aromatic rings. The molecular formula is C78H77BrN4O6. The Morgan fingerprint density at radius 1 is 0.393 bits per heavy atom. The summed E-state index contributed by atoms with van der Waals surface area (Å²) in [6, 6.07) is 88.7. The molecule has 0 radical (unpaired) electrons. The van der Waals surface area contributed by atoms with E-state index in [-0.39, 0.29) is 10.8 Å². The Hall–Kier alpha value is -8.68. The van der Waals surface area contributed by atoms with E-state index in [4.69, 9.17) is 28.4 Å². The van der Waals surface area contributed by atoms with Crippen molar-refractivity contribution in [2.45, 2.75) is 39.5 Å². The molecular weight excluding hydrogens is 1170 g/mol. The minimum absolute atomic E-state index is 0.199. The molecule has 4 heterocycles. The average molecular weight is 1250 g/mol. The fourth-order valence-electron chi connectivity index (χ4n) is 11.6. The number of benzene rings is 10. The molecule has 2 aliphatic heterocycles. The van der Waals surface area contributed by atoms with Gasteiger partial charge in [-0.1, -0.05) is 163 Å². The number of unbranched alkanes of at least 4 members (excludes halogenated alkanes) is 2. The summed E-state index contributed by atoms with van der Waals surface area (Å²) in [5, 5.41) is 8.48. The first kappa shape index (κ1) is 60.6. The molecule has 1 N–H and O–H groups in total. The number of aromatic nitrogens is 2. The molecule has 0 spiro atoms. The van der Waals surface area contributed by atoms with E-state index in [1.807, 2.05) is 60.7 Å². The van der Waals surface area contributed by atoms with E-state index in [1.54, 1.807) is 0 Å². The first-order valence-electron chi connectivity index (χ1n) is 31.0. The summed E-state index contributed by atoms with van der Waals surface area (Å²) in [7, 11) is 0. The Kier molecular flexibility index (Phi) is 19.8. The SMILES string of the molecule is Brc1cccc(-n2c3ccccc3c3ccccc32)c1.CC1(COCCCCOc2cccc(N(c3ccccc3)c3cccc(-n4c5ccccc5c5ccccc54)c3)c2)COC1.CC1(COCCCCOc2cccc(Nc3ccccc3)c2)COC1. The quantitative estimate of drug-likeness (QED) is 0.0635. The van der Waals surface area contributed by atoms with Crippen molar-refractivity contribution in [3.8, 4) is 22.9 Å². The van der Waals surface area contributed by atoms with E-state index in [0.717, 1.165) is 129 Å². The van der Waals surface area contributed by atoms with Crippen molar-refractivity contribution in [1.29, 1.82) is 0 Å². The zero-order chi connectivity index (χ0) is 60.7. The number of anilines is 5. The predicted molar refractivity (Wildman–Crippen MR) is 369 cm³/mol. The molecule has 2 saturated heterocycles. The molecule has 0 aliphatic carbocycles. The van der Waals surface area contributed by atoms with E-state index < -0.39 is 0 Å². The largest absolute Gasteiger partial charge is 0.494 e. The summed E-state index contributed by atoms with van der Waals surface area (Å²) in [5.41, 5.74) is 12.9. The molecule has 10 nitrogen and oxygen atoms in total. The van der Waals surface area contributed by atoms with Crippen molar-refractivity contribution in [3.63, 3.8) is 0 Å². The van der Waals surface area contributed by atoms with Crippen LogP contribution in [-0.4, -0.2) is 75.2 Å². The lowest BCUT2D eigenvalue weighted by atomic mass is 9.90. The van der Waals surface area contributed by atoms with Gasteiger partial charge in [-0.05, 0) is 135 Å². The number of nitrogens with one attached hydrogen (secondary N) is 1. The van der Waals surface area contributed by atoms with Crippen LogP contribution in [0.15, 0.2) is 259 Å². The topological polar surface area (TPSA) is 80.5 Å². The fourth-order valence-corrected chi connectivity index (χ4v) is 12.0. The third-order valence-electron chi connectivity index (χ3n) is 16.2. The molecule has 0 amide bonds. The number of ether oxygens (including phenoxy) is 6. The highest BCUT2D eigenvalue weighted by atomic mass is 79.9. The van der Waals surface area contributed by atoms with Crippen LogP contribution in [0.5, 0.6) is 11.5 Å². The zero-order valence-electron chi connectivity index (χ0n) is 50.8. The maximum Gasteiger partial charge on any atom is 0.121 e. The number of halogens is 1. The van der Waals surface area contributed by atoms with Crippen LogP contribution in [0.4, 0.5) is 28.4 Å². The molecule has 10 aromatic carbocycles. The van der Waals surface area contributed by atoms with Gasteiger partial charge in [0.15, 0.2) is 0 Å². The van der Waals surface area contributed by atoms with Crippen molar-refractivity contribution < 1.29 is 28.4 Å². The second kappa shape index (κ2) is 29.1. The summed E-state index contributed by atoms with van der Waals surface area (Å²) in [6.45, 7) is 12.1. The monoisotopic (exact) mass is 1240 g/mol. The molecule has 0 saturated carbocycles. The van der Waals surface area contributed by atoms with Gasteiger partial charge < -0.3 is 47.8 Å². The number of hydrogen-bond donors (Lipinski definition) is 1. The van der Waals surface area contributed by atoms with Crippen LogP contribution in [0.1, 0.15) is 39.5 Å². The van der Waals surface area contributed by atoms with Crippen LogP contribution < -0.4 is 19.7 Å². The minimum atomic E-state index is 0.199. The molecule has 89 heavy (non-hydrogen) atoms. The summed E-state index contributed by atoms with van der Waals surface area (Å²) in [5.74, 6) is 1.75. The highest BCUT2D eigenvalue weighted by Gasteiger charge is 2.34. The summed E-state index contributed by atoms with van der Waals surface area (Å²) in [4.78, 5) is 2.29. The van der Waals surface area contributed by atoms with Crippen LogP contribution in [0, 0.1) is 10.8 Å². The van der Waals surface area contributed by atoms with Gasteiger partial charge in [0.1, 0.15) is 11.5 Å². The maximum absolute atomic E-state index is 6.22. The van der Waals surface area contributed by atoms with E-state index in [0.29, 0.717) is 13.2 Å². The lowest BCUT2D eigenvalue weighted by molar-refractivity contribution is -0.138. The second-order valence-corrected chi connectivity index (χ2v) is 24.7. The molecule has 2 fully saturated rings. The molecule has 0 atom stereocenters. The summed E-state index contributed by atoms with van der Waals surface area (Å²) >= 11 is 3.56. The van der Waals surface area contributed by atoms with E-state index in [1.165, 1.54) is 49.3 Å². The number of hydrogen-bond acceptors (Lipinski definition) is 8. The van der Waals surface area contributed by atoms with Gasteiger partial charge in [0.25, 0.3) is 0 Å². The normalized spacial score (nSPS) is 13.8. The van der Waals surface area contributed by atoms with Gasteiger partial charge in [0, 0.05) is 102 Å². The zero-order valence-corrected chi connectivity index (χ0v) is 52.4. The van der Waals surface area contributed by atoms with Crippen molar-refractivity contribution >= 4 is 88.0 Å². The summed E-state index contributed by atoms with van der Waals surface area (Å²) < 4.78 is 40.0. The molecule has 2 aromatic heterocycles. The van der Waals surface area contributed by atoms with Crippen LogP contribution in [0.3, 0.4) is 0 Å². The number of fused-ring (bicyclic) bond motifs is 6. The highest BCUT2D eigenvalue weighted by Crippen LogP contribution is 2.40. The lowest BCUT2D eigenvalue weighted by Gasteiger charge is -2.37. The average Bonchev–Trinajstić information content (AvgIpc) is 1.90. The van der Waals surface area contributed by atoms with E-state index in [2.05, 4.69) is 243 Å². The smallest absolute Gasteiger partial charge is 0.121 e. The van der Waals surface area contributed by atoms with Crippen molar-refractivity contribution in [2.75, 3.05) is 76.3 Å². The van der Waals surface area contributed by atoms with Gasteiger partial charge >= 0.3 is 0 Å². The van der Waals surface area contributed by atoms with Gasteiger partial charge in [0.05, 0.1) is 74.9 Å². The Bertz CT molecular complexity index is 4130. The number of nitrogens with zero attached hydrogens (tertiary/aromatic N) is 3. The Labute approximate surface area is 531 Å². The van der Waals surface area contributed by atoms with Gasteiger partial charge in [0.2, 0.25) is 0 Å². The van der Waals surface area contributed by atoms with Crippen molar-refractivity contribution in [2.24, 2.45) is 10.8 Å². The van der Waals surface area contributed by atoms with Gasteiger partial charge in [-0.2, -0.15) is 0 Å². The first-order chi connectivity index (χ1) is 43.8. The molecule has 2 aliphatic rings. The van der Waals surface area contributed by atoms with Crippen LogP contribution in [0.25, 0.3) is 55.0 Å². The molecule has 11 heteroatoms. The standard InChI is InChI=1S/C39H38N2O3.C21H27NO3.C18H12BrN/c1-39(28-43-29-39)27-42-23-9-10-24-44-34-18-12-17-33(26-34)40(30-13-3-2-4-14-30)31-15-11-16-32(25-31)41-37-21-7-5-19-35(37)36-20-6-8-22-38(36)41;1-21(16-24-17-21)15-23-12-5-6-13-25-20-11-7-10-19(14-20)22-18-8-3-2-4-9-18;19-13-6-5-7-14(12-13)20-17-10-3-1-8-15(17)16-9-2-4-11-18(16)20/h2-8,11-22,25-26H,9-10,23-24,27-29H2,1H3;2-4,7-11,14,22H,5-6,12-13,15-17H2,1H3;1-12H. The first-order valence-corrected chi connectivity index (χ1v) is 31.8. The molecule has 452 valence electrons. The van der Waals surface area contributed by atoms with Crippen LogP contribution in [-0.2, 0) is 18.9 Å². The molecule has 14 rings (SSSR count). The predicted octanol–water partition coefficient (Wildman–Crippen LogP) is 19.7. The van der Waals surface area contributed by atoms with Gasteiger partial charge in [-0.3, -0.25) is 0 Å². The van der Waals surface area contributed by atoms with Gasteiger partial charge in [-0.15, -0.1) is 0 Å². The van der Waals surface area contributed by atoms with Crippen LogP contribution >= 0.6 is 15.9 Å². The number of para-hydroxylation sites is 6. The fraction of sp³-hybridized carbons (Fsp3) is 0.231. The maximum atomic E-state index is 6.22. The second-order valence-electron chi connectivity index (χ2n) is 23.7. The van der Waals surface area contributed by atoms with E-state index in [9.17, 15) is 0 Å². The van der Waals surface area contributed by atoms with Gasteiger partial charge in [-0.25, -0.2) is 0 Å². The Morgan fingerprint density at radius 3 is 1.28 bits per heavy atom. The third-order valence-corrected chi connectivity index (χ3v) is 16.7. The Morgan fingerprint density at radius 2 is 0.787 bits per heavy atom. The van der Waals surface area contributed by atoms with Crippen LogP contribution in [0.2, 0.25) is 0 Å². The molecule has 0 unspecified atom stereocenters. The lowest BCUT2D eigenvalue weighted by Crippen LogP contribution is -2.43. The summed E-state index contributed by atoms with van der Waals surface area (Å²) in [6.07, 6.45) is 3.92. The Balaban J connectivity index is 0.000000144. The molecule has 0 bridgehead atoms. The highest BCUT2D eigenvalue weighted by molar-refractivity contribution is 9.10. The minimum Gasteiger partial charge on any atom is -0.494 e. The van der Waals surface area contributed by atoms with E-state index >= 15 is 0 Å². The number of rotatable bonds is 23. The van der Waals surface area contributed by atoms with Crippen molar-refractivity contribution in [3.05, 3.63) is 259 Å².